The van der Waals surface area contributed by atoms with Gasteiger partial charge >= 0.3 is 0 Å². The molecule has 1 nitrogen and oxygen atoms in total. The van der Waals surface area contributed by atoms with Crippen molar-refractivity contribution in [3.8, 4) is 0 Å². The third-order valence-electron chi connectivity index (χ3n) is 3.17. The second-order valence-corrected chi connectivity index (χ2v) is 4.70. The van der Waals surface area contributed by atoms with E-state index in [-0.39, 0.29) is 6.61 Å². The van der Waals surface area contributed by atoms with Crippen molar-refractivity contribution < 1.29 is 5.11 Å². The Kier molecular flexibility index (Phi) is 12.0. The molecule has 1 atom stereocenters. The van der Waals surface area contributed by atoms with E-state index in [2.05, 4.69) is 13.8 Å². The van der Waals surface area contributed by atoms with Crippen LogP contribution in [-0.4, -0.2) is 6.61 Å². The summed E-state index contributed by atoms with van der Waals surface area (Å²) in [6, 6.07) is 0. The van der Waals surface area contributed by atoms with E-state index in [0.717, 1.165) is 18.8 Å². The second-order valence-electron chi connectivity index (χ2n) is 4.70. The van der Waals surface area contributed by atoms with Gasteiger partial charge in [0, 0.05) is 0 Å². The Morgan fingerprint density at radius 3 is 1.93 bits per heavy atom. The van der Waals surface area contributed by atoms with Crippen LogP contribution in [-0.2, 0) is 5.11 Å². The highest BCUT2D eigenvalue weighted by Crippen LogP contribution is 2.21. The van der Waals surface area contributed by atoms with E-state index in [1.807, 2.05) is 0 Å². The Morgan fingerprint density at radius 1 is 0.733 bits per heavy atom. The molecule has 0 heterocycles. The predicted octanol–water partition coefficient (Wildman–Crippen LogP) is 4.97. The minimum absolute atomic E-state index is 0.119. The Bertz CT molecular complexity index is 112. The van der Waals surface area contributed by atoms with E-state index in [1.165, 1.54) is 51.4 Å². The maximum Gasteiger partial charge on any atom is 0.0822 e. The fourth-order valence-electron chi connectivity index (χ4n) is 2.24. The van der Waals surface area contributed by atoms with E-state index in [0.29, 0.717) is 0 Å². The summed E-state index contributed by atoms with van der Waals surface area (Å²) in [5, 5.41) is 10.3. The molecule has 0 aliphatic rings. The van der Waals surface area contributed by atoms with Gasteiger partial charge in [-0.25, -0.2) is 5.11 Å². The van der Waals surface area contributed by atoms with Crippen LogP contribution in [0.25, 0.3) is 0 Å². The Hall–Kier alpha value is -0.0400. The summed E-state index contributed by atoms with van der Waals surface area (Å²) in [5.74, 6) is 0.938. The van der Waals surface area contributed by atoms with Crippen molar-refractivity contribution in [2.24, 2.45) is 5.92 Å². The molecule has 0 N–H and O–H groups in total. The van der Waals surface area contributed by atoms with Crippen LogP contribution < -0.4 is 0 Å². The number of unbranched alkanes of at least 4 members (excludes halogenated alkanes) is 4. The molecule has 0 aromatic carbocycles. The lowest BCUT2D eigenvalue weighted by molar-refractivity contribution is 0.185. The fraction of sp³-hybridized carbons (Fsp3) is 1.00. The van der Waals surface area contributed by atoms with Crippen LogP contribution in [0, 0.1) is 5.92 Å². The van der Waals surface area contributed by atoms with E-state index >= 15 is 0 Å². The molecule has 0 aliphatic heterocycles. The quantitative estimate of drug-likeness (QED) is 0.432. The van der Waals surface area contributed by atoms with Gasteiger partial charge in [-0.15, -0.1) is 0 Å². The van der Waals surface area contributed by atoms with Gasteiger partial charge in [0.2, 0.25) is 0 Å². The maximum atomic E-state index is 10.3. The van der Waals surface area contributed by atoms with Crippen molar-refractivity contribution in [2.45, 2.75) is 78.1 Å². The molecule has 0 spiro atoms. The molecule has 91 valence electrons. The maximum absolute atomic E-state index is 10.3. The predicted molar refractivity (Wildman–Crippen MR) is 66.6 cm³/mol. The SMILES string of the molecule is CCCCCC(CCC)CCCCC[O]. The van der Waals surface area contributed by atoms with Crippen LogP contribution in [0.1, 0.15) is 78.1 Å². The summed E-state index contributed by atoms with van der Waals surface area (Å²) in [6.07, 6.45) is 12.9. The Morgan fingerprint density at radius 2 is 1.40 bits per heavy atom. The first kappa shape index (κ1) is 15.0. The van der Waals surface area contributed by atoms with E-state index < -0.39 is 0 Å². The van der Waals surface area contributed by atoms with Crippen LogP contribution >= 0.6 is 0 Å². The standard InChI is InChI=1S/C14H29O/c1-3-5-7-11-14(10-4-2)12-8-6-9-13-15/h14H,3-13H2,1-2H3. The summed E-state index contributed by atoms with van der Waals surface area (Å²) >= 11 is 0. The van der Waals surface area contributed by atoms with Gasteiger partial charge in [0.15, 0.2) is 0 Å². The molecule has 15 heavy (non-hydrogen) atoms. The molecule has 0 amide bonds. The highest BCUT2D eigenvalue weighted by molar-refractivity contribution is 4.59. The van der Waals surface area contributed by atoms with Crippen molar-refractivity contribution in [3.05, 3.63) is 0 Å². The first-order valence-electron chi connectivity index (χ1n) is 6.93. The van der Waals surface area contributed by atoms with Gasteiger partial charge < -0.3 is 0 Å². The topological polar surface area (TPSA) is 19.9 Å². The molecular formula is C14H29O. The van der Waals surface area contributed by atoms with Gasteiger partial charge in [-0.05, 0) is 12.3 Å². The van der Waals surface area contributed by atoms with Crippen LogP contribution in [0.4, 0.5) is 0 Å². The van der Waals surface area contributed by atoms with E-state index in [9.17, 15) is 5.11 Å². The van der Waals surface area contributed by atoms with Crippen LogP contribution in [0.5, 0.6) is 0 Å². The third kappa shape index (κ3) is 10.2. The van der Waals surface area contributed by atoms with E-state index in [1.54, 1.807) is 0 Å². The van der Waals surface area contributed by atoms with Crippen molar-refractivity contribution >= 4 is 0 Å². The van der Waals surface area contributed by atoms with Crippen molar-refractivity contribution in [2.75, 3.05) is 6.61 Å². The average Bonchev–Trinajstić information content (AvgIpc) is 2.24. The molecule has 0 aromatic heterocycles. The smallest absolute Gasteiger partial charge is 0.0822 e. The highest BCUT2D eigenvalue weighted by Gasteiger charge is 2.06. The van der Waals surface area contributed by atoms with Gasteiger partial charge in [0.25, 0.3) is 0 Å². The Labute approximate surface area is 96.3 Å². The first-order chi connectivity index (χ1) is 7.35. The highest BCUT2D eigenvalue weighted by atomic mass is 16.2. The number of rotatable bonds is 11. The fourth-order valence-corrected chi connectivity index (χ4v) is 2.24. The minimum atomic E-state index is 0.119. The zero-order valence-electron chi connectivity index (χ0n) is 10.8. The summed E-state index contributed by atoms with van der Waals surface area (Å²) in [6.45, 7) is 4.67. The van der Waals surface area contributed by atoms with Gasteiger partial charge in [0.05, 0.1) is 6.61 Å². The zero-order chi connectivity index (χ0) is 11.4. The second kappa shape index (κ2) is 12.0. The summed E-state index contributed by atoms with van der Waals surface area (Å²) in [7, 11) is 0. The molecule has 0 rings (SSSR count). The molecule has 1 unspecified atom stereocenters. The molecular weight excluding hydrogens is 184 g/mol. The lowest BCUT2D eigenvalue weighted by atomic mass is 9.91. The van der Waals surface area contributed by atoms with Gasteiger partial charge in [0.1, 0.15) is 0 Å². The molecule has 0 fully saturated rings. The lowest BCUT2D eigenvalue weighted by Gasteiger charge is -2.15. The molecule has 0 aromatic rings. The largest absolute Gasteiger partial charge is 0.237 e. The van der Waals surface area contributed by atoms with Crippen molar-refractivity contribution in [1.82, 2.24) is 0 Å². The first-order valence-corrected chi connectivity index (χ1v) is 6.93. The summed E-state index contributed by atoms with van der Waals surface area (Å²) in [4.78, 5) is 0. The molecule has 0 bridgehead atoms. The number of hydrogen-bond acceptors (Lipinski definition) is 0. The zero-order valence-corrected chi connectivity index (χ0v) is 10.8. The number of hydrogen-bond donors (Lipinski definition) is 0. The van der Waals surface area contributed by atoms with Crippen molar-refractivity contribution in [3.63, 3.8) is 0 Å². The lowest BCUT2D eigenvalue weighted by Crippen LogP contribution is -2.00. The average molecular weight is 213 g/mol. The van der Waals surface area contributed by atoms with Crippen LogP contribution in [0.15, 0.2) is 0 Å². The molecule has 0 saturated carbocycles. The molecule has 0 saturated heterocycles. The monoisotopic (exact) mass is 213 g/mol. The summed E-state index contributed by atoms with van der Waals surface area (Å²) in [5.41, 5.74) is 0. The van der Waals surface area contributed by atoms with Crippen molar-refractivity contribution in [1.29, 1.82) is 0 Å². The van der Waals surface area contributed by atoms with E-state index in [4.69, 9.17) is 0 Å². The van der Waals surface area contributed by atoms with Gasteiger partial charge in [-0.3, -0.25) is 0 Å². The molecule has 1 heteroatoms. The summed E-state index contributed by atoms with van der Waals surface area (Å²) < 4.78 is 0. The Balaban J connectivity index is 3.44. The van der Waals surface area contributed by atoms with Gasteiger partial charge in [-0.1, -0.05) is 71.6 Å². The van der Waals surface area contributed by atoms with Crippen LogP contribution in [0.2, 0.25) is 0 Å². The normalized spacial score (nSPS) is 13.0. The van der Waals surface area contributed by atoms with Crippen LogP contribution in [0.3, 0.4) is 0 Å². The van der Waals surface area contributed by atoms with Gasteiger partial charge in [-0.2, -0.15) is 0 Å². The minimum Gasteiger partial charge on any atom is -0.237 e. The third-order valence-corrected chi connectivity index (χ3v) is 3.17. The molecule has 0 aliphatic carbocycles. The molecule has 1 radical (unpaired) electrons.